The van der Waals surface area contributed by atoms with Gasteiger partial charge in [-0.1, -0.05) is 231 Å². The molecule has 0 N–H and O–H groups in total. The van der Waals surface area contributed by atoms with Crippen LogP contribution in [0.4, 0.5) is 11.4 Å². The number of rotatable bonds is 11. The molecule has 2 nitrogen and oxygen atoms in total. The van der Waals surface area contributed by atoms with Gasteiger partial charge < -0.3 is 9.47 Å². The lowest BCUT2D eigenvalue weighted by atomic mass is 9.95. The van der Waals surface area contributed by atoms with Gasteiger partial charge in [0.15, 0.2) is 0 Å². The summed E-state index contributed by atoms with van der Waals surface area (Å²) >= 11 is 0. The number of allylic oxidation sites excluding steroid dienone is 4. The molecule has 0 aliphatic heterocycles. The minimum absolute atomic E-state index is 0.849. The molecule has 12 aromatic carbocycles. The smallest absolute Gasteiger partial charge is 0.0547 e. The average molecular weight is 957 g/mol. The fourth-order valence-electron chi connectivity index (χ4n) is 11.2. The third kappa shape index (κ3) is 8.39. The van der Waals surface area contributed by atoms with E-state index in [0.29, 0.717) is 0 Å². The van der Waals surface area contributed by atoms with E-state index < -0.39 is 0 Å². The number of para-hydroxylation sites is 1. The van der Waals surface area contributed by atoms with Gasteiger partial charge in [0.2, 0.25) is 0 Å². The molecule has 13 rings (SSSR count). The van der Waals surface area contributed by atoms with Gasteiger partial charge in [0.1, 0.15) is 0 Å². The molecule has 0 saturated heterocycles. The maximum absolute atomic E-state index is 4.74. The van der Waals surface area contributed by atoms with Crippen molar-refractivity contribution in [2.45, 2.75) is 6.92 Å². The van der Waals surface area contributed by atoms with Crippen molar-refractivity contribution in [3.63, 3.8) is 0 Å². The van der Waals surface area contributed by atoms with Crippen LogP contribution in [0.5, 0.6) is 0 Å². The molecule has 0 radical (unpaired) electrons. The van der Waals surface area contributed by atoms with E-state index in [4.69, 9.17) is 6.58 Å². The Bertz CT molecular complexity index is 4320. The zero-order valence-corrected chi connectivity index (χ0v) is 41.7. The van der Waals surface area contributed by atoms with Crippen LogP contribution in [0.15, 0.2) is 297 Å². The minimum Gasteiger partial charge on any atom is -0.311 e. The molecular weight excluding hydrogens is 905 g/mol. The lowest BCUT2D eigenvalue weighted by molar-refractivity contribution is 1.18. The molecule has 0 fully saturated rings. The summed E-state index contributed by atoms with van der Waals surface area (Å²) in [6, 6.07) is 96.6. The number of anilines is 2. The van der Waals surface area contributed by atoms with Gasteiger partial charge in [-0.05, 0) is 156 Å². The van der Waals surface area contributed by atoms with E-state index in [0.717, 1.165) is 39.5 Å². The summed E-state index contributed by atoms with van der Waals surface area (Å²) in [6.07, 6.45) is 6.51. The van der Waals surface area contributed by atoms with E-state index in [1.165, 1.54) is 93.1 Å². The summed E-state index contributed by atoms with van der Waals surface area (Å²) in [5.41, 5.74) is 18.3. The van der Waals surface area contributed by atoms with Crippen LogP contribution in [-0.4, -0.2) is 4.57 Å². The van der Waals surface area contributed by atoms with Crippen molar-refractivity contribution in [2.75, 3.05) is 4.90 Å². The number of aromatic nitrogens is 1. The first-order valence-electron chi connectivity index (χ1n) is 25.8. The molecule has 1 heterocycles. The second kappa shape index (κ2) is 19.3. The Morgan fingerprint density at radius 3 is 1.60 bits per heavy atom. The number of benzene rings is 12. The lowest BCUT2D eigenvalue weighted by Gasteiger charge is -2.26. The molecule has 13 aromatic rings. The SMILES string of the molecule is C=C(/C=C\C=C(/C)c1cccc2c1c1c(-c3ccccc3)cccc1n2-c1ccccc1)N(c1ccc(-c2ccc(-c3cccc4ccccc34)cc2)cc1)c1ccc(-c2ccc3c(ccc4ccccc43)c2)cc1. The second-order valence-corrected chi connectivity index (χ2v) is 19.4. The van der Waals surface area contributed by atoms with E-state index in [9.17, 15) is 0 Å². The van der Waals surface area contributed by atoms with E-state index in [2.05, 4.69) is 302 Å². The highest BCUT2D eigenvalue weighted by Gasteiger charge is 2.20. The van der Waals surface area contributed by atoms with Crippen LogP contribution in [0, 0.1) is 0 Å². The highest BCUT2D eigenvalue weighted by molar-refractivity contribution is 6.19. The largest absolute Gasteiger partial charge is 0.311 e. The number of hydrogen-bond acceptors (Lipinski definition) is 1. The highest BCUT2D eigenvalue weighted by Crippen LogP contribution is 2.42. The standard InChI is InChI=1S/C73H52N2/c1-50(64-28-15-31-70-72(64)73-69(56-19-5-3-6-20-56)30-16-32-71(73)75(70)61-24-7-4-8-25-61)17-13-18-51(2)74(63-46-41-54(42-47-63)59-43-48-68-60(49-59)38-37-57-22-10-12-27-66(57)68)62-44-39-53(40-45-62)52-33-35-58(36-34-52)67-29-14-23-55-21-9-11-26-65(55)67/h3-49H,2H2,1H3/b18-13-,50-17+. The summed E-state index contributed by atoms with van der Waals surface area (Å²) in [4.78, 5) is 2.25. The average Bonchev–Trinajstić information content (AvgIpc) is 3.85. The predicted molar refractivity (Wildman–Crippen MR) is 322 cm³/mol. The van der Waals surface area contributed by atoms with Gasteiger partial charge in [-0.25, -0.2) is 0 Å². The number of hydrogen-bond donors (Lipinski definition) is 0. The van der Waals surface area contributed by atoms with Gasteiger partial charge >= 0.3 is 0 Å². The Morgan fingerprint density at radius 2 is 0.880 bits per heavy atom. The lowest BCUT2D eigenvalue weighted by Crippen LogP contribution is -2.14. The Hall–Kier alpha value is -9.76. The Morgan fingerprint density at radius 1 is 0.387 bits per heavy atom. The number of nitrogens with zero attached hydrogens (tertiary/aromatic N) is 2. The summed E-state index contributed by atoms with van der Waals surface area (Å²) in [5, 5.41) is 10.0. The summed E-state index contributed by atoms with van der Waals surface area (Å²) in [5.74, 6) is 0. The fraction of sp³-hybridized carbons (Fsp3) is 0.0137. The van der Waals surface area contributed by atoms with Crippen molar-refractivity contribution >= 4 is 71.1 Å². The molecule has 0 aliphatic carbocycles. The minimum atomic E-state index is 0.849. The molecule has 2 heteroatoms. The molecule has 0 aliphatic rings. The third-order valence-electron chi connectivity index (χ3n) is 14.9. The Labute approximate surface area is 438 Å². The van der Waals surface area contributed by atoms with Crippen molar-refractivity contribution in [3.8, 4) is 50.2 Å². The van der Waals surface area contributed by atoms with Gasteiger partial charge in [0, 0.05) is 33.5 Å². The maximum Gasteiger partial charge on any atom is 0.0547 e. The van der Waals surface area contributed by atoms with Crippen molar-refractivity contribution in [1.82, 2.24) is 4.57 Å². The van der Waals surface area contributed by atoms with Crippen molar-refractivity contribution < 1.29 is 0 Å². The van der Waals surface area contributed by atoms with Crippen LogP contribution in [0.2, 0.25) is 0 Å². The molecule has 0 unspecified atom stereocenters. The van der Waals surface area contributed by atoms with Crippen LogP contribution < -0.4 is 4.90 Å². The topological polar surface area (TPSA) is 8.17 Å². The first kappa shape index (κ1) is 45.1. The van der Waals surface area contributed by atoms with Crippen LogP contribution in [0.25, 0.3) is 110 Å². The summed E-state index contributed by atoms with van der Waals surface area (Å²) in [7, 11) is 0. The third-order valence-corrected chi connectivity index (χ3v) is 14.9. The van der Waals surface area contributed by atoms with E-state index in [1.54, 1.807) is 0 Å². The van der Waals surface area contributed by atoms with Gasteiger partial charge in [0.25, 0.3) is 0 Å². The zero-order chi connectivity index (χ0) is 50.2. The maximum atomic E-state index is 4.74. The second-order valence-electron chi connectivity index (χ2n) is 19.4. The molecule has 354 valence electrons. The predicted octanol–water partition coefficient (Wildman–Crippen LogP) is 20.2. The number of fused-ring (bicyclic) bond motifs is 7. The van der Waals surface area contributed by atoms with Crippen molar-refractivity contribution in [1.29, 1.82) is 0 Å². The quantitative estimate of drug-likeness (QED) is 0.0926. The van der Waals surface area contributed by atoms with Crippen LogP contribution >= 0.6 is 0 Å². The molecule has 0 spiro atoms. The van der Waals surface area contributed by atoms with Crippen LogP contribution in [-0.2, 0) is 0 Å². The molecular formula is C73H52N2. The molecule has 0 saturated carbocycles. The van der Waals surface area contributed by atoms with E-state index in [1.807, 2.05) is 0 Å². The molecule has 0 atom stereocenters. The Balaban J connectivity index is 0.856. The molecule has 0 bridgehead atoms. The van der Waals surface area contributed by atoms with Gasteiger partial charge in [-0.2, -0.15) is 0 Å². The molecule has 75 heavy (non-hydrogen) atoms. The van der Waals surface area contributed by atoms with Gasteiger partial charge in [-0.15, -0.1) is 0 Å². The zero-order valence-electron chi connectivity index (χ0n) is 41.7. The Kier molecular flexibility index (Phi) is 11.6. The van der Waals surface area contributed by atoms with Gasteiger partial charge in [-0.3, -0.25) is 0 Å². The van der Waals surface area contributed by atoms with Crippen LogP contribution in [0.1, 0.15) is 12.5 Å². The summed E-state index contributed by atoms with van der Waals surface area (Å²) < 4.78 is 2.41. The van der Waals surface area contributed by atoms with Crippen molar-refractivity contribution in [3.05, 3.63) is 303 Å². The van der Waals surface area contributed by atoms with E-state index >= 15 is 0 Å². The normalized spacial score (nSPS) is 11.9. The summed E-state index contributed by atoms with van der Waals surface area (Å²) in [6.45, 7) is 6.96. The first-order chi connectivity index (χ1) is 37.0. The fourth-order valence-corrected chi connectivity index (χ4v) is 11.2. The van der Waals surface area contributed by atoms with Crippen molar-refractivity contribution in [2.24, 2.45) is 0 Å². The highest BCUT2D eigenvalue weighted by atomic mass is 15.1. The molecule has 0 amide bonds. The van der Waals surface area contributed by atoms with Crippen LogP contribution in [0.3, 0.4) is 0 Å². The monoisotopic (exact) mass is 956 g/mol. The first-order valence-corrected chi connectivity index (χ1v) is 25.8. The molecule has 1 aromatic heterocycles. The van der Waals surface area contributed by atoms with E-state index in [-0.39, 0.29) is 0 Å². The van der Waals surface area contributed by atoms with Gasteiger partial charge in [0.05, 0.1) is 11.0 Å².